The van der Waals surface area contributed by atoms with Gasteiger partial charge in [0, 0.05) is 17.7 Å². The van der Waals surface area contributed by atoms with Gasteiger partial charge in [-0.15, -0.1) is 12.4 Å². The molecule has 0 aliphatic carbocycles. The van der Waals surface area contributed by atoms with E-state index in [2.05, 4.69) is 43.8 Å². The van der Waals surface area contributed by atoms with Crippen molar-refractivity contribution in [1.29, 1.82) is 0 Å². The minimum atomic E-state index is -4.24. The van der Waals surface area contributed by atoms with E-state index in [1.807, 2.05) is 45.9 Å². The standard InChI is InChI=1S/C35H42N6O6S.ClH/c1-20(2)27-13-14-28(33-36-17-25(18-37-33)47-21(3)4)38-30(27)19-46-31-16-29(32-22(5)9-7-10-23(32)6)39-35(40-31)41-48(44,45)26-12-8-11-24(15-26)34(42)43;/h7-12,15-18,20-21,27-28,30,38H,13-14,19H2,1-6H3,(H,42,43)(H,39,40,41);1H. The van der Waals surface area contributed by atoms with Crippen LogP contribution in [-0.4, -0.2) is 58.2 Å². The second-order valence-corrected chi connectivity index (χ2v) is 14.4. The highest BCUT2D eigenvalue weighted by atomic mass is 35.5. The van der Waals surface area contributed by atoms with Crippen molar-refractivity contribution >= 4 is 34.3 Å². The largest absolute Gasteiger partial charge is 0.488 e. The number of aromatic nitrogens is 4. The Morgan fingerprint density at radius 3 is 2.31 bits per heavy atom. The van der Waals surface area contributed by atoms with Crippen LogP contribution in [0.3, 0.4) is 0 Å². The number of sulfonamides is 1. The summed E-state index contributed by atoms with van der Waals surface area (Å²) >= 11 is 0. The number of benzene rings is 2. The summed E-state index contributed by atoms with van der Waals surface area (Å²) in [6, 6.07) is 12.5. The van der Waals surface area contributed by atoms with Gasteiger partial charge in [0.05, 0.1) is 40.7 Å². The monoisotopic (exact) mass is 710 g/mol. The average Bonchev–Trinajstić information content (AvgIpc) is 3.03. The van der Waals surface area contributed by atoms with Crippen LogP contribution in [0, 0.1) is 25.7 Å². The van der Waals surface area contributed by atoms with Crippen LogP contribution in [0.25, 0.3) is 11.3 Å². The van der Waals surface area contributed by atoms with Gasteiger partial charge < -0.3 is 19.9 Å². The van der Waals surface area contributed by atoms with E-state index in [-0.39, 0.29) is 59.5 Å². The van der Waals surface area contributed by atoms with Gasteiger partial charge in [0.2, 0.25) is 11.8 Å². The first-order valence-electron chi connectivity index (χ1n) is 16.0. The Hall–Kier alpha value is -4.33. The number of rotatable bonds is 12. The van der Waals surface area contributed by atoms with Gasteiger partial charge in [-0.3, -0.25) is 0 Å². The molecule has 1 aliphatic heterocycles. The molecular formula is C35H43ClN6O6S. The fraction of sp³-hybridized carbons (Fsp3) is 0.400. The van der Waals surface area contributed by atoms with Crippen LogP contribution in [0.2, 0.25) is 0 Å². The molecule has 0 amide bonds. The van der Waals surface area contributed by atoms with Crippen LogP contribution >= 0.6 is 12.4 Å². The molecule has 2 aromatic carbocycles. The second kappa shape index (κ2) is 15.9. The van der Waals surface area contributed by atoms with E-state index >= 15 is 0 Å². The van der Waals surface area contributed by atoms with Gasteiger partial charge in [0.15, 0.2) is 5.75 Å². The minimum Gasteiger partial charge on any atom is -0.488 e. The third kappa shape index (κ3) is 9.22. The molecule has 0 saturated carbocycles. The fourth-order valence-electron chi connectivity index (χ4n) is 6.08. The highest BCUT2D eigenvalue weighted by molar-refractivity contribution is 7.92. The molecule has 0 bridgehead atoms. The smallest absolute Gasteiger partial charge is 0.335 e. The van der Waals surface area contributed by atoms with Crippen LogP contribution < -0.4 is 19.5 Å². The maximum absolute atomic E-state index is 13.4. The van der Waals surface area contributed by atoms with Crippen molar-refractivity contribution < 1.29 is 27.8 Å². The number of halogens is 1. The molecule has 3 atom stereocenters. The molecule has 12 nitrogen and oxygen atoms in total. The first-order valence-corrected chi connectivity index (χ1v) is 17.5. The number of hydrogen-bond donors (Lipinski definition) is 3. The lowest BCUT2D eigenvalue weighted by Crippen LogP contribution is -2.49. The van der Waals surface area contributed by atoms with E-state index in [9.17, 15) is 18.3 Å². The predicted octanol–water partition coefficient (Wildman–Crippen LogP) is 6.40. The Morgan fingerprint density at radius 2 is 1.67 bits per heavy atom. The van der Waals surface area contributed by atoms with Crippen LogP contribution in [-0.2, 0) is 10.0 Å². The number of hydrogen-bond acceptors (Lipinski definition) is 10. The normalized spacial score (nSPS) is 17.8. The number of piperidine rings is 1. The Labute approximate surface area is 293 Å². The number of nitrogens with one attached hydrogen (secondary N) is 2. The molecule has 1 saturated heterocycles. The summed E-state index contributed by atoms with van der Waals surface area (Å²) in [4.78, 5) is 29.4. The Kier molecular flexibility index (Phi) is 12.2. The summed E-state index contributed by atoms with van der Waals surface area (Å²) in [6.45, 7) is 12.4. The van der Waals surface area contributed by atoms with Crippen LogP contribution in [0.5, 0.6) is 11.6 Å². The number of nitrogens with zero attached hydrogens (tertiary/aromatic N) is 4. The highest BCUT2D eigenvalue weighted by Gasteiger charge is 2.34. The number of aromatic carboxylic acids is 1. The lowest BCUT2D eigenvalue weighted by Gasteiger charge is -2.38. The van der Waals surface area contributed by atoms with Crippen LogP contribution in [0.1, 0.15) is 73.9 Å². The third-order valence-electron chi connectivity index (χ3n) is 8.38. The summed E-state index contributed by atoms with van der Waals surface area (Å²) < 4.78 is 41.2. The van der Waals surface area contributed by atoms with Crippen molar-refractivity contribution in [3.8, 4) is 22.9 Å². The number of carboxylic acid groups (broad SMARTS) is 1. The zero-order chi connectivity index (χ0) is 34.6. The third-order valence-corrected chi connectivity index (χ3v) is 9.70. The summed E-state index contributed by atoms with van der Waals surface area (Å²) in [6.07, 6.45) is 5.22. The molecule has 0 spiro atoms. The second-order valence-electron chi connectivity index (χ2n) is 12.7. The first kappa shape index (κ1) is 37.5. The van der Waals surface area contributed by atoms with Gasteiger partial charge in [0.1, 0.15) is 12.4 Å². The molecule has 4 aromatic rings. The SMILES string of the molecule is Cc1cccc(C)c1-c1cc(OCC2NC(c3ncc(OC(C)C)cn3)CCC2C(C)C)nc(NS(=O)(=O)c2cccc(C(=O)O)c2)n1.Cl. The molecule has 5 rings (SSSR count). The predicted molar refractivity (Wildman–Crippen MR) is 189 cm³/mol. The molecule has 14 heteroatoms. The first-order chi connectivity index (χ1) is 22.8. The number of carboxylic acids is 1. The Bertz CT molecular complexity index is 1850. The molecule has 262 valence electrons. The van der Waals surface area contributed by atoms with Crippen molar-refractivity contribution in [1.82, 2.24) is 25.3 Å². The van der Waals surface area contributed by atoms with E-state index in [0.717, 1.165) is 35.6 Å². The van der Waals surface area contributed by atoms with Gasteiger partial charge >= 0.3 is 5.97 Å². The average molecular weight is 711 g/mol. The number of ether oxygens (including phenoxy) is 2. The molecule has 3 N–H and O–H groups in total. The van der Waals surface area contributed by atoms with Crippen molar-refractivity contribution in [2.45, 2.75) is 77.5 Å². The Balaban J connectivity index is 0.00000541. The van der Waals surface area contributed by atoms with Crippen molar-refractivity contribution in [3.05, 3.63) is 83.4 Å². The molecule has 49 heavy (non-hydrogen) atoms. The van der Waals surface area contributed by atoms with Crippen LogP contribution in [0.4, 0.5) is 5.95 Å². The Morgan fingerprint density at radius 1 is 1.00 bits per heavy atom. The van der Waals surface area contributed by atoms with Crippen molar-refractivity contribution in [2.75, 3.05) is 11.3 Å². The van der Waals surface area contributed by atoms with Gasteiger partial charge in [-0.25, -0.2) is 32.9 Å². The van der Waals surface area contributed by atoms with E-state index in [1.165, 1.54) is 18.2 Å². The molecule has 1 fully saturated rings. The summed E-state index contributed by atoms with van der Waals surface area (Å²) in [5, 5.41) is 13.1. The van der Waals surface area contributed by atoms with Gasteiger partial charge in [-0.05, 0) is 81.7 Å². The van der Waals surface area contributed by atoms with Gasteiger partial charge in [0.25, 0.3) is 10.0 Å². The van der Waals surface area contributed by atoms with Crippen molar-refractivity contribution in [3.63, 3.8) is 0 Å². The fourth-order valence-corrected chi connectivity index (χ4v) is 7.07. The van der Waals surface area contributed by atoms with E-state index < -0.39 is 16.0 Å². The van der Waals surface area contributed by atoms with E-state index in [1.54, 1.807) is 18.5 Å². The van der Waals surface area contributed by atoms with E-state index in [4.69, 9.17) is 9.47 Å². The summed E-state index contributed by atoms with van der Waals surface area (Å²) in [5.41, 5.74) is 3.05. The number of anilines is 1. The lowest BCUT2D eigenvalue weighted by molar-refractivity contribution is 0.0696. The van der Waals surface area contributed by atoms with Gasteiger partial charge in [-0.2, -0.15) is 4.98 Å². The van der Waals surface area contributed by atoms with E-state index in [0.29, 0.717) is 29.1 Å². The highest BCUT2D eigenvalue weighted by Crippen LogP contribution is 2.34. The quantitative estimate of drug-likeness (QED) is 0.149. The molecule has 2 aromatic heterocycles. The maximum atomic E-state index is 13.4. The number of aryl methyl sites for hydroxylation is 2. The zero-order valence-corrected chi connectivity index (χ0v) is 30.0. The minimum absolute atomic E-state index is 0. The van der Waals surface area contributed by atoms with Crippen LogP contribution in [0.15, 0.2) is 65.8 Å². The number of carbonyl (C=O) groups is 1. The zero-order valence-electron chi connectivity index (χ0n) is 28.4. The molecule has 3 unspecified atom stereocenters. The topological polar surface area (TPSA) is 166 Å². The molecular weight excluding hydrogens is 668 g/mol. The van der Waals surface area contributed by atoms with Crippen molar-refractivity contribution in [2.24, 2.45) is 11.8 Å². The maximum Gasteiger partial charge on any atom is 0.335 e. The molecule has 3 heterocycles. The summed E-state index contributed by atoms with van der Waals surface area (Å²) in [5.74, 6) is 0.724. The molecule has 1 aliphatic rings. The lowest BCUT2D eigenvalue weighted by atomic mass is 9.80. The van der Waals surface area contributed by atoms with Gasteiger partial charge in [-0.1, -0.05) is 38.1 Å². The summed E-state index contributed by atoms with van der Waals surface area (Å²) in [7, 11) is -4.24. The molecule has 0 radical (unpaired) electrons.